The largest absolute Gasteiger partial charge is 0.481 e. The van der Waals surface area contributed by atoms with Crippen molar-refractivity contribution in [2.24, 2.45) is 22.2 Å². The summed E-state index contributed by atoms with van der Waals surface area (Å²) in [5.41, 5.74) is -0.359. The van der Waals surface area contributed by atoms with Gasteiger partial charge in [0.05, 0.1) is 5.41 Å². The Morgan fingerprint density at radius 1 is 1.14 bits per heavy atom. The molecule has 0 bridgehead atoms. The van der Waals surface area contributed by atoms with Crippen LogP contribution in [-0.4, -0.2) is 29.7 Å². The van der Waals surface area contributed by atoms with Crippen LogP contribution < -0.4 is 10.6 Å². The van der Waals surface area contributed by atoms with E-state index in [9.17, 15) is 14.7 Å². The third-order valence-electron chi connectivity index (χ3n) is 6.54. The van der Waals surface area contributed by atoms with Crippen LogP contribution in [0.1, 0.15) is 53.9 Å². The summed E-state index contributed by atoms with van der Waals surface area (Å²) in [4.78, 5) is 23.4. The Bertz CT molecular complexity index is 444. The Labute approximate surface area is 126 Å². The summed E-state index contributed by atoms with van der Waals surface area (Å²) < 4.78 is 0. The lowest BCUT2D eigenvalue weighted by Gasteiger charge is -2.27. The summed E-state index contributed by atoms with van der Waals surface area (Å²) in [5.74, 6) is -0.361. The number of rotatable bonds is 4. The fraction of sp³-hybridized carbons (Fsp3) is 0.875. The number of carboxylic acids is 1. The molecule has 2 aliphatic rings. The third-order valence-corrected chi connectivity index (χ3v) is 6.54. The Kier molecular flexibility index (Phi) is 3.75. The SMILES string of the molecule is CC1(C(=O)O)CCCC1NC(=O)NCC1C(C)(C)C1(C)C. The molecule has 2 atom stereocenters. The van der Waals surface area contributed by atoms with Crippen molar-refractivity contribution in [2.75, 3.05) is 6.54 Å². The molecule has 2 aliphatic carbocycles. The Balaban J connectivity index is 1.85. The Morgan fingerprint density at radius 3 is 2.19 bits per heavy atom. The molecule has 2 amide bonds. The number of urea groups is 1. The fourth-order valence-electron chi connectivity index (χ4n) is 3.90. The minimum atomic E-state index is -0.838. The second kappa shape index (κ2) is 4.89. The van der Waals surface area contributed by atoms with Gasteiger partial charge in [0.2, 0.25) is 0 Å². The van der Waals surface area contributed by atoms with Crippen LogP contribution in [-0.2, 0) is 4.79 Å². The van der Waals surface area contributed by atoms with Gasteiger partial charge in [0, 0.05) is 12.6 Å². The predicted octanol–water partition coefficient (Wildman–Crippen LogP) is 2.61. The van der Waals surface area contributed by atoms with Crippen molar-refractivity contribution in [3.63, 3.8) is 0 Å². The van der Waals surface area contributed by atoms with E-state index in [1.54, 1.807) is 6.92 Å². The number of aliphatic carboxylic acids is 1. The van der Waals surface area contributed by atoms with Gasteiger partial charge in [-0.05, 0) is 36.5 Å². The van der Waals surface area contributed by atoms with Crippen molar-refractivity contribution in [2.45, 2.75) is 59.9 Å². The highest BCUT2D eigenvalue weighted by Crippen LogP contribution is 2.67. The first-order valence-electron chi connectivity index (χ1n) is 7.81. The van der Waals surface area contributed by atoms with Gasteiger partial charge in [-0.15, -0.1) is 0 Å². The van der Waals surface area contributed by atoms with Gasteiger partial charge in [0.15, 0.2) is 0 Å². The zero-order valence-electron chi connectivity index (χ0n) is 13.7. The fourth-order valence-corrected chi connectivity index (χ4v) is 3.90. The van der Waals surface area contributed by atoms with Crippen molar-refractivity contribution < 1.29 is 14.7 Å². The predicted molar refractivity (Wildman–Crippen MR) is 81.0 cm³/mol. The molecule has 5 nitrogen and oxygen atoms in total. The molecule has 2 unspecified atom stereocenters. The minimum Gasteiger partial charge on any atom is -0.481 e. The van der Waals surface area contributed by atoms with Gasteiger partial charge in [-0.2, -0.15) is 0 Å². The average Bonchev–Trinajstić information content (AvgIpc) is 2.63. The molecular formula is C16H28N2O3. The molecule has 2 fully saturated rings. The summed E-state index contributed by atoms with van der Waals surface area (Å²) in [6.07, 6.45) is 2.20. The second-order valence-corrected chi connectivity index (χ2v) is 8.02. The molecule has 21 heavy (non-hydrogen) atoms. The maximum absolute atomic E-state index is 12.0. The van der Waals surface area contributed by atoms with Crippen molar-refractivity contribution in [3.8, 4) is 0 Å². The summed E-state index contributed by atoms with van der Waals surface area (Å²) in [5, 5.41) is 15.1. The first kappa shape index (κ1) is 16.1. The van der Waals surface area contributed by atoms with Gasteiger partial charge in [-0.1, -0.05) is 34.1 Å². The molecule has 0 aromatic carbocycles. The van der Waals surface area contributed by atoms with Crippen molar-refractivity contribution in [3.05, 3.63) is 0 Å². The van der Waals surface area contributed by atoms with Crippen LogP contribution in [0.5, 0.6) is 0 Å². The molecule has 0 radical (unpaired) electrons. The van der Waals surface area contributed by atoms with Gasteiger partial charge in [-0.3, -0.25) is 4.79 Å². The number of carbonyl (C=O) groups is 2. The van der Waals surface area contributed by atoms with Gasteiger partial charge in [0.1, 0.15) is 0 Å². The maximum Gasteiger partial charge on any atom is 0.315 e. The van der Waals surface area contributed by atoms with Crippen molar-refractivity contribution in [1.29, 1.82) is 0 Å². The van der Waals surface area contributed by atoms with E-state index in [-0.39, 0.29) is 22.9 Å². The van der Waals surface area contributed by atoms with Crippen molar-refractivity contribution >= 4 is 12.0 Å². The van der Waals surface area contributed by atoms with Crippen LogP contribution in [0, 0.1) is 22.2 Å². The van der Waals surface area contributed by atoms with E-state index < -0.39 is 11.4 Å². The average molecular weight is 296 g/mol. The van der Waals surface area contributed by atoms with Gasteiger partial charge in [-0.25, -0.2) is 4.79 Å². The van der Waals surface area contributed by atoms with Crippen LogP contribution in [0.4, 0.5) is 4.79 Å². The third kappa shape index (κ3) is 2.51. The van der Waals surface area contributed by atoms with Crippen LogP contribution >= 0.6 is 0 Å². The first-order chi connectivity index (χ1) is 9.53. The van der Waals surface area contributed by atoms with E-state index in [0.29, 0.717) is 18.9 Å². The van der Waals surface area contributed by atoms with Crippen LogP contribution in [0.15, 0.2) is 0 Å². The number of carbonyl (C=O) groups excluding carboxylic acids is 1. The van der Waals surface area contributed by atoms with Gasteiger partial charge < -0.3 is 15.7 Å². The maximum atomic E-state index is 12.0. The molecule has 120 valence electrons. The number of amides is 2. The molecule has 3 N–H and O–H groups in total. The molecule has 2 rings (SSSR count). The standard InChI is InChI=1S/C16H28N2O3/c1-14(2)10(15(14,3)4)9-17-13(21)18-11-7-6-8-16(11,5)12(19)20/h10-11H,6-9H2,1-5H3,(H,19,20)(H2,17,18,21). The monoisotopic (exact) mass is 296 g/mol. The molecule has 0 aliphatic heterocycles. The Morgan fingerprint density at radius 2 is 1.71 bits per heavy atom. The smallest absolute Gasteiger partial charge is 0.315 e. The lowest BCUT2D eigenvalue weighted by Crippen LogP contribution is -2.50. The lowest BCUT2D eigenvalue weighted by molar-refractivity contribution is -0.148. The normalized spacial score (nSPS) is 33.5. The van der Waals surface area contributed by atoms with E-state index in [2.05, 4.69) is 38.3 Å². The van der Waals surface area contributed by atoms with Crippen LogP contribution in [0.2, 0.25) is 0 Å². The minimum absolute atomic E-state index is 0.239. The zero-order valence-corrected chi connectivity index (χ0v) is 13.7. The van der Waals surface area contributed by atoms with Crippen LogP contribution in [0.3, 0.4) is 0 Å². The summed E-state index contributed by atoms with van der Waals surface area (Å²) >= 11 is 0. The van der Waals surface area contributed by atoms with Crippen LogP contribution in [0.25, 0.3) is 0 Å². The number of hydrogen-bond acceptors (Lipinski definition) is 2. The molecule has 0 heterocycles. The highest BCUT2D eigenvalue weighted by Gasteiger charge is 2.64. The van der Waals surface area contributed by atoms with E-state index in [0.717, 1.165) is 12.8 Å². The molecule has 0 aromatic rings. The number of nitrogens with one attached hydrogen (secondary N) is 2. The quantitative estimate of drug-likeness (QED) is 0.746. The molecule has 0 saturated heterocycles. The van der Waals surface area contributed by atoms with Crippen molar-refractivity contribution in [1.82, 2.24) is 10.6 Å². The topological polar surface area (TPSA) is 78.4 Å². The zero-order chi connectivity index (χ0) is 16.1. The summed E-state index contributed by atoms with van der Waals surface area (Å²) in [6, 6.07) is -0.525. The molecular weight excluding hydrogens is 268 g/mol. The molecule has 5 heteroatoms. The highest BCUT2D eigenvalue weighted by atomic mass is 16.4. The van der Waals surface area contributed by atoms with Gasteiger partial charge in [0.25, 0.3) is 0 Å². The number of carboxylic acid groups (broad SMARTS) is 1. The molecule has 2 saturated carbocycles. The number of hydrogen-bond donors (Lipinski definition) is 3. The highest BCUT2D eigenvalue weighted by molar-refractivity contribution is 5.79. The molecule has 0 spiro atoms. The van der Waals surface area contributed by atoms with E-state index in [4.69, 9.17) is 0 Å². The molecule has 0 aromatic heterocycles. The summed E-state index contributed by atoms with van der Waals surface area (Å²) in [6.45, 7) is 11.2. The van der Waals surface area contributed by atoms with E-state index in [1.165, 1.54) is 0 Å². The van der Waals surface area contributed by atoms with E-state index >= 15 is 0 Å². The second-order valence-electron chi connectivity index (χ2n) is 8.02. The van der Waals surface area contributed by atoms with E-state index in [1.807, 2.05) is 0 Å². The lowest BCUT2D eigenvalue weighted by atomic mass is 9.85. The van der Waals surface area contributed by atoms with Gasteiger partial charge >= 0.3 is 12.0 Å². The first-order valence-corrected chi connectivity index (χ1v) is 7.81. The summed E-state index contributed by atoms with van der Waals surface area (Å²) in [7, 11) is 0. The Hall–Kier alpha value is -1.26.